The fourth-order valence-electron chi connectivity index (χ4n) is 2.35. The van der Waals surface area contributed by atoms with Crippen molar-refractivity contribution in [3.8, 4) is 0 Å². The lowest BCUT2D eigenvalue weighted by Gasteiger charge is -2.14. The van der Waals surface area contributed by atoms with Gasteiger partial charge in [-0.3, -0.25) is 4.90 Å². The van der Waals surface area contributed by atoms with E-state index in [9.17, 15) is 0 Å². The number of benzene rings is 1. The molecule has 0 amide bonds. The van der Waals surface area contributed by atoms with E-state index in [2.05, 4.69) is 48.4 Å². The van der Waals surface area contributed by atoms with Crippen molar-refractivity contribution in [1.29, 1.82) is 0 Å². The summed E-state index contributed by atoms with van der Waals surface area (Å²) in [5.74, 6) is 0. The number of hydrogen-bond donors (Lipinski definition) is 0. The van der Waals surface area contributed by atoms with Crippen LogP contribution in [0.15, 0.2) is 36.4 Å². The van der Waals surface area contributed by atoms with Gasteiger partial charge in [0, 0.05) is 0 Å². The van der Waals surface area contributed by atoms with E-state index in [1.54, 1.807) is 0 Å². The molecular formula is C11H11N. The Kier molecular flexibility index (Phi) is 1.07. The van der Waals surface area contributed by atoms with Crippen LogP contribution < -0.4 is 0 Å². The standard InChI is InChI=1S/C11H11N/c1-12-10-6-7-11(12)9-5-3-2-4-8(9)10/h2-7,10-11H,1H3/t10-,11-/m0/s1. The van der Waals surface area contributed by atoms with Crippen LogP contribution >= 0.6 is 0 Å². The van der Waals surface area contributed by atoms with Crippen LogP contribution in [0.1, 0.15) is 23.2 Å². The summed E-state index contributed by atoms with van der Waals surface area (Å²) in [5, 5.41) is 0. The van der Waals surface area contributed by atoms with Gasteiger partial charge in [0.15, 0.2) is 0 Å². The van der Waals surface area contributed by atoms with Crippen molar-refractivity contribution in [2.45, 2.75) is 12.1 Å². The molecule has 1 aromatic rings. The van der Waals surface area contributed by atoms with Crippen LogP contribution in [-0.4, -0.2) is 11.9 Å². The SMILES string of the molecule is CN1[C@H]2C=C[C@H]1c1ccccc12. The molecule has 60 valence electrons. The maximum atomic E-state index is 2.41. The van der Waals surface area contributed by atoms with Crippen LogP contribution in [0.25, 0.3) is 0 Å². The highest BCUT2D eigenvalue weighted by molar-refractivity contribution is 5.45. The van der Waals surface area contributed by atoms with E-state index >= 15 is 0 Å². The number of hydrogen-bond acceptors (Lipinski definition) is 1. The summed E-state index contributed by atoms with van der Waals surface area (Å²) in [6, 6.07) is 9.82. The van der Waals surface area contributed by atoms with Crippen LogP contribution in [0.2, 0.25) is 0 Å². The minimum absolute atomic E-state index is 0.547. The van der Waals surface area contributed by atoms with E-state index in [1.165, 1.54) is 11.1 Å². The van der Waals surface area contributed by atoms with Gasteiger partial charge in [0.2, 0.25) is 0 Å². The first-order valence-corrected chi connectivity index (χ1v) is 4.37. The summed E-state index contributed by atoms with van der Waals surface area (Å²) in [4.78, 5) is 2.41. The molecule has 0 radical (unpaired) electrons. The lowest BCUT2D eigenvalue weighted by Crippen LogP contribution is -2.13. The average molecular weight is 157 g/mol. The molecule has 0 fully saturated rings. The number of likely N-dealkylation sites (N-methyl/N-ethyl adjacent to an activating group) is 1. The van der Waals surface area contributed by atoms with Crippen LogP contribution in [-0.2, 0) is 0 Å². The van der Waals surface area contributed by atoms with Gasteiger partial charge in [-0.25, -0.2) is 0 Å². The maximum Gasteiger partial charge on any atom is 0.0541 e. The Hall–Kier alpha value is -1.08. The summed E-state index contributed by atoms with van der Waals surface area (Å²) in [7, 11) is 2.19. The second-order valence-electron chi connectivity index (χ2n) is 3.57. The normalized spacial score (nSPS) is 31.1. The zero-order chi connectivity index (χ0) is 8.13. The molecule has 0 unspecified atom stereocenters. The van der Waals surface area contributed by atoms with Crippen molar-refractivity contribution < 1.29 is 0 Å². The van der Waals surface area contributed by atoms with Crippen LogP contribution in [0.5, 0.6) is 0 Å². The molecule has 2 heterocycles. The Labute approximate surface area is 72.3 Å². The lowest BCUT2D eigenvalue weighted by molar-refractivity contribution is 0.299. The van der Waals surface area contributed by atoms with Gasteiger partial charge in [-0.15, -0.1) is 0 Å². The predicted molar refractivity (Wildman–Crippen MR) is 48.8 cm³/mol. The molecule has 0 N–H and O–H groups in total. The van der Waals surface area contributed by atoms with Gasteiger partial charge in [-0.2, -0.15) is 0 Å². The van der Waals surface area contributed by atoms with Crippen molar-refractivity contribution >= 4 is 0 Å². The van der Waals surface area contributed by atoms with Crippen LogP contribution in [0, 0.1) is 0 Å². The van der Waals surface area contributed by atoms with E-state index in [0.29, 0.717) is 12.1 Å². The van der Waals surface area contributed by atoms with E-state index < -0.39 is 0 Å². The predicted octanol–water partition coefficient (Wildman–Crippen LogP) is 2.28. The van der Waals surface area contributed by atoms with E-state index in [1.807, 2.05) is 0 Å². The molecule has 2 bridgehead atoms. The van der Waals surface area contributed by atoms with Crippen molar-refractivity contribution in [2.24, 2.45) is 0 Å². The van der Waals surface area contributed by atoms with Crippen molar-refractivity contribution in [3.63, 3.8) is 0 Å². The molecule has 2 aliphatic heterocycles. The first-order chi connectivity index (χ1) is 5.88. The largest absolute Gasteiger partial charge is 0.285 e. The van der Waals surface area contributed by atoms with Gasteiger partial charge in [0.05, 0.1) is 12.1 Å². The first-order valence-electron chi connectivity index (χ1n) is 4.37. The van der Waals surface area contributed by atoms with Gasteiger partial charge in [0.25, 0.3) is 0 Å². The molecule has 0 aromatic heterocycles. The Morgan fingerprint density at radius 1 is 1.00 bits per heavy atom. The Balaban J connectivity index is 2.25. The average Bonchev–Trinajstić information content (AvgIpc) is 2.61. The highest BCUT2D eigenvalue weighted by atomic mass is 15.2. The Bertz CT molecular complexity index is 321. The van der Waals surface area contributed by atoms with Crippen LogP contribution in [0.4, 0.5) is 0 Å². The highest BCUT2D eigenvalue weighted by Crippen LogP contribution is 2.46. The van der Waals surface area contributed by atoms with Gasteiger partial charge in [-0.1, -0.05) is 36.4 Å². The molecule has 2 atom stereocenters. The molecule has 0 spiro atoms. The van der Waals surface area contributed by atoms with Crippen molar-refractivity contribution in [2.75, 3.05) is 7.05 Å². The second kappa shape index (κ2) is 1.99. The van der Waals surface area contributed by atoms with Gasteiger partial charge in [0.1, 0.15) is 0 Å². The maximum absolute atomic E-state index is 2.41. The number of nitrogens with zero attached hydrogens (tertiary/aromatic N) is 1. The monoisotopic (exact) mass is 157 g/mol. The molecule has 12 heavy (non-hydrogen) atoms. The summed E-state index contributed by atoms with van der Waals surface area (Å²) >= 11 is 0. The summed E-state index contributed by atoms with van der Waals surface area (Å²) in [5.41, 5.74) is 2.99. The zero-order valence-corrected chi connectivity index (χ0v) is 7.07. The van der Waals surface area contributed by atoms with Crippen LogP contribution in [0.3, 0.4) is 0 Å². The summed E-state index contributed by atoms with van der Waals surface area (Å²) in [6.45, 7) is 0. The highest BCUT2D eigenvalue weighted by Gasteiger charge is 2.36. The van der Waals surface area contributed by atoms with Gasteiger partial charge >= 0.3 is 0 Å². The molecule has 1 heteroatoms. The molecule has 0 aliphatic carbocycles. The number of fused-ring (bicyclic) bond motifs is 5. The quantitative estimate of drug-likeness (QED) is 0.522. The van der Waals surface area contributed by atoms with Crippen molar-refractivity contribution in [1.82, 2.24) is 4.90 Å². The molecule has 2 aliphatic rings. The fourth-order valence-corrected chi connectivity index (χ4v) is 2.35. The third kappa shape index (κ3) is 0.585. The smallest absolute Gasteiger partial charge is 0.0541 e. The lowest BCUT2D eigenvalue weighted by atomic mass is 9.97. The van der Waals surface area contributed by atoms with Gasteiger partial charge in [-0.05, 0) is 18.2 Å². The van der Waals surface area contributed by atoms with E-state index in [-0.39, 0.29) is 0 Å². The minimum atomic E-state index is 0.547. The summed E-state index contributed by atoms with van der Waals surface area (Å²) in [6.07, 6.45) is 4.60. The molecule has 3 rings (SSSR count). The number of rotatable bonds is 0. The van der Waals surface area contributed by atoms with Crippen molar-refractivity contribution in [3.05, 3.63) is 47.5 Å². The third-order valence-corrected chi connectivity index (χ3v) is 2.99. The molecule has 0 saturated heterocycles. The molecule has 1 nitrogen and oxygen atoms in total. The summed E-state index contributed by atoms with van der Waals surface area (Å²) < 4.78 is 0. The topological polar surface area (TPSA) is 3.24 Å². The third-order valence-electron chi connectivity index (χ3n) is 2.99. The fraction of sp³-hybridized carbons (Fsp3) is 0.273. The van der Waals surface area contributed by atoms with Gasteiger partial charge < -0.3 is 0 Å². The Morgan fingerprint density at radius 2 is 1.50 bits per heavy atom. The molecular weight excluding hydrogens is 146 g/mol. The Morgan fingerprint density at radius 3 is 2.00 bits per heavy atom. The molecule has 0 saturated carbocycles. The van der Waals surface area contributed by atoms with E-state index in [4.69, 9.17) is 0 Å². The second-order valence-corrected chi connectivity index (χ2v) is 3.57. The van der Waals surface area contributed by atoms with E-state index in [0.717, 1.165) is 0 Å². The molecule has 1 aromatic carbocycles. The zero-order valence-electron chi connectivity index (χ0n) is 7.07. The first kappa shape index (κ1) is 6.44. The minimum Gasteiger partial charge on any atom is -0.285 e.